The van der Waals surface area contributed by atoms with Crippen LogP contribution in [0.15, 0.2) is 181 Å². The van der Waals surface area contributed by atoms with Gasteiger partial charge in [0.05, 0.1) is 28.3 Å². The molecular weight excluding hydrogens is 619 g/mol. The minimum Gasteiger partial charge on any atom is -0.250 e. The summed E-state index contributed by atoms with van der Waals surface area (Å²) in [5.41, 5.74) is 16.3. The van der Waals surface area contributed by atoms with Crippen molar-refractivity contribution < 1.29 is 0 Å². The van der Waals surface area contributed by atoms with Crippen LogP contribution in [0.25, 0.3) is 66.9 Å². The van der Waals surface area contributed by atoms with Crippen LogP contribution >= 0.6 is 0 Å². The van der Waals surface area contributed by atoms with Gasteiger partial charge >= 0.3 is 0 Å². The summed E-state index contributed by atoms with van der Waals surface area (Å²) in [6.45, 7) is 2.30. The van der Waals surface area contributed by atoms with E-state index in [1.807, 2.05) is 12.1 Å². The van der Waals surface area contributed by atoms with Crippen LogP contribution in [0.1, 0.15) is 30.4 Å². The highest BCUT2D eigenvalue weighted by Gasteiger charge is 2.23. The summed E-state index contributed by atoms with van der Waals surface area (Å²) in [6, 6.07) is 62.0. The van der Waals surface area contributed by atoms with Gasteiger partial charge in [-0.15, -0.1) is 0 Å². The third-order valence-corrected chi connectivity index (χ3v) is 9.93. The molecule has 1 atom stereocenters. The van der Waals surface area contributed by atoms with E-state index in [9.17, 15) is 0 Å². The molecule has 0 radical (unpaired) electrons. The topological polar surface area (TPSA) is 38.1 Å². The highest BCUT2D eigenvalue weighted by atomic mass is 14.8. The maximum atomic E-state index is 5.33. The molecule has 0 saturated carbocycles. The summed E-state index contributed by atoms with van der Waals surface area (Å²) >= 11 is 0. The number of hydrogen-bond acceptors (Lipinski definition) is 3. The average molecular weight is 654 g/mol. The zero-order valence-corrected chi connectivity index (χ0v) is 28.4. The minimum absolute atomic E-state index is 0.335. The van der Waals surface area contributed by atoms with E-state index in [4.69, 9.17) is 15.0 Å². The zero-order chi connectivity index (χ0) is 34.1. The molecule has 3 heteroatoms. The predicted molar refractivity (Wildman–Crippen MR) is 212 cm³/mol. The van der Waals surface area contributed by atoms with Gasteiger partial charge in [-0.25, -0.2) is 9.97 Å². The Kier molecular flexibility index (Phi) is 7.87. The van der Waals surface area contributed by atoms with Crippen LogP contribution in [0.3, 0.4) is 0 Å². The lowest BCUT2D eigenvalue weighted by molar-refractivity contribution is 0.793. The Bertz CT molecular complexity index is 2480. The predicted octanol–water partition coefficient (Wildman–Crippen LogP) is 12.6. The Morgan fingerprint density at radius 2 is 0.941 bits per heavy atom. The van der Waals surface area contributed by atoms with E-state index >= 15 is 0 Å². The van der Waals surface area contributed by atoms with Gasteiger partial charge in [-0.05, 0) is 70.0 Å². The number of rotatable bonds is 6. The van der Waals surface area contributed by atoms with Crippen LogP contribution in [-0.4, -0.2) is 15.7 Å². The monoisotopic (exact) mass is 653 g/mol. The lowest BCUT2D eigenvalue weighted by Crippen LogP contribution is -2.11. The maximum Gasteiger partial charge on any atom is 0.0968 e. The molecule has 0 bridgehead atoms. The third-order valence-electron chi connectivity index (χ3n) is 9.93. The first-order chi connectivity index (χ1) is 25.2. The lowest BCUT2D eigenvalue weighted by atomic mass is 9.87. The minimum atomic E-state index is 0.335. The van der Waals surface area contributed by atoms with Crippen molar-refractivity contribution in [2.75, 3.05) is 0 Å². The van der Waals surface area contributed by atoms with Gasteiger partial charge < -0.3 is 0 Å². The van der Waals surface area contributed by atoms with E-state index in [0.717, 1.165) is 79.2 Å². The Labute approximate surface area is 298 Å². The van der Waals surface area contributed by atoms with E-state index in [0.29, 0.717) is 5.92 Å². The van der Waals surface area contributed by atoms with Gasteiger partial charge in [-0.3, -0.25) is 4.99 Å². The van der Waals surface area contributed by atoms with Crippen LogP contribution in [-0.2, 0) is 0 Å². The molecule has 6 aromatic carbocycles. The summed E-state index contributed by atoms with van der Waals surface area (Å²) < 4.78 is 0. The lowest BCUT2D eigenvalue weighted by Gasteiger charge is -2.23. The first-order valence-electron chi connectivity index (χ1n) is 17.6. The second-order valence-corrected chi connectivity index (χ2v) is 13.3. The first-order valence-corrected chi connectivity index (χ1v) is 17.6. The van der Waals surface area contributed by atoms with Crippen molar-refractivity contribution in [2.24, 2.45) is 4.99 Å². The fourth-order valence-corrected chi connectivity index (χ4v) is 7.18. The number of nitrogens with zero attached hydrogens (tertiary/aromatic N) is 3. The van der Waals surface area contributed by atoms with E-state index in [1.165, 1.54) is 16.7 Å². The van der Waals surface area contributed by atoms with Gasteiger partial charge in [0.2, 0.25) is 0 Å². The molecule has 1 aliphatic heterocycles. The van der Waals surface area contributed by atoms with Crippen molar-refractivity contribution in [3.63, 3.8) is 0 Å². The van der Waals surface area contributed by atoms with Gasteiger partial charge in [-0.1, -0.05) is 159 Å². The fraction of sp³-hybridized carbons (Fsp3) is 0.0625. The number of pyridine rings is 2. The Hall–Kier alpha value is -6.45. The Morgan fingerprint density at radius 1 is 0.412 bits per heavy atom. The van der Waals surface area contributed by atoms with Crippen LogP contribution in [0.2, 0.25) is 0 Å². The summed E-state index contributed by atoms with van der Waals surface area (Å²) in [5.74, 6) is 0.335. The smallest absolute Gasteiger partial charge is 0.0968 e. The number of aliphatic imine (C=N–C) groups is 1. The first kappa shape index (κ1) is 30.6. The quantitative estimate of drug-likeness (QED) is 0.179. The normalized spacial score (nSPS) is 13.8. The summed E-state index contributed by atoms with van der Waals surface area (Å²) in [7, 11) is 0. The van der Waals surface area contributed by atoms with E-state index in [-0.39, 0.29) is 0 Å². The molecule has 3 nitrogen and oxygen atoms in total. The number of hydrogen-bond donors (Lipinski definition) is 0. The molecule has 9 rings (SSSR count). The molecule has 1 unspecified atom stereocenters. The van der Waals surface area contributed by atoms with Crippen molar-refractivity contribution in [3.8, 4) is 56.0 Å². The number of benzene rings is 6. The summed E-state index contributed by atoms with van der Waals surface area (Å²) in [4.78, 5) is 15.6. The van der Waals surface area contributed by atoms with Gasteiger partial charge in [0.15, 0.2) is 0 Å². The molecule has 0 aliphatic carbocycles. The largest absolute Gasteiger partial charge is 0.250 e. The zero-order valence-electron chi connectivity index (χ0n) is 28.4. The Morgan fingerprint density at radius 3 is 1.63 bits per heavy atom. The highest BCUT2D eigenvalue weighted by Crippen LogP contribution is 2.41. The third kappa shape index (κ3) is 6.04. The van der Waals surface area contributed by atoms with Crippen molar-refractivity contribution in [2.45, 2.75) is 19.3 Å². The molecule has 3 heterocycles. The average Bonchev–Trinajstić information content (AvgIpc) is 3.21. The Balaban J connectivity index is 1.06. The van der Waals surface area contributed by atoms with Gasteiger partial charge in [-0.2, -0.15) is 0 Å². The second-order valence-electron chi connectivity index (χ2n) is 13.3. The van der Waals surface area contributed by atoms with Crippen LogP contribution < -0.4 is 0 Å². The molecule has 8 aromatic rings. The van der Waals surface area contributed by atoms with Gasteiger partial charge in [0, 0.05) is 27.8 Å². The van der Waals surface area contributed by atoms with Crippen molar-refractivity contribution >= 4 is 22.3 Å². The van der Waals surface area contributed by atoms with Crippen molar-refractivity contribution in [3.05, 3.63) is 187 Å². The molecule has 0 N–H and O–H groups in total. The molecule has 0 spiro atoms. The maximum absolute atomic E-state index is 5.33. The highest BCUT2D eigenvalue weighted by molar-refractivity contribution is 6.07. The SMILES string of the molecule is CC1CC(c2cccc(-c3ccc(-c4cc(-c5ccccc5)cc(-c5ccccc5)n4)cc3)c2)=Nc2c1ccc1ccc(-c3ccccc3)nc21. The fourth-order valence-electron chi connectivity index (χ4n) is 7.18. The molecule has 242 valence electrons. The number of fused-ring (bicyclic) bond motifs is 3. The number of aromatic nitrogens is 2. The molecule has 1 aliphatic rings. The van der Waals surface area contributed by atoms with Crippen LogP contribution in [0.5, 0.6) is 0 Å². The molecule has 0 saturated heterocycles. The molecule has 0 fully saturated rings. The van der Waals surface area contributed by atoms with Crippen LogP contribution in [0.4, 0.5) is 5.69 Å². The molecule has 51 heavy (non-hydrogen) atoms. The summed E-state index contributed by atoms with van der Waals surface area (Å²) in [5, 5.41) is 1.11. The van der Waals surface area contributed by atoms with Gasteiger partial charge in [0.1, 0.15) is 0 Å². The van der Waals surface area contributed by atoms with Crippen molar-refractivity contribution in [1.29, 1.82) is 0 Å². The summed E-state index contributed by atoms with van der Waals surface area (Å²) in [6.07, 6.45) is 0.881. The van der Waals surface area contributed by atoms with E-state index in [2.05, 4.69) is 171 Å². The second kappa shape index (κ2) is 13.1. The van der Waals surface area contributed by atoms with E-state index in [1.54, 1.807) is 0 Å². The van der Waals surface area contributed by atoms with E-state index < -0.39 is 0 Å². The van der Waals surface area contributed by atoms with Crippen LogP contribution in [0, 0.1) is 0 Å². The molecule has 2 aromatic heterocycles. The van der Waals surface area contributed by atoms with Gasteiger partial charge in [0.25, 0.3) is 0 Å². The molecule has 0 amide bonds. The standard InChI is InChI=1S/C48H35N3/c1-32-28-44(51-48-42(32)26-24-38-25-27-43(50-47(38)48)35-14-7-3-8-15-35)40-19-11-18-39(29-40)34-20-22-37(23-21-34)46-31-41(33-12-5-2-6-13-33)30-45(49-46)36-16-9-4-10-17-36/h2-27,29-32H,28H2,1H3. The molecular formula is C48H35N3. The van der Waals surface area contributed by atoms with Crippen molar-refractivity contribution in [1.82, 2.24) is 9.97 Å².